The van der Waals surface area contributed by atoms with Gasteiger partial charge in [0, 0.05) is 5.41 Å². The molecule has 17 heavy (non-hydrogen) atoms. The highest BCUT2D eigenvalue weighted by Gasteiger charge is 2.33. The minimum absolute atomic E-state index is 0.289. The molecule has 0 saturated heterocycles. The molecule has 0 aromatic heterocycles. The van der Waals surface area contributed by atoms with Crippen LogP contribution >= 0.6 is 0 Å². The van der Waals surface area contributed by atoms with Gasteiger partial charge in [0.25, 0.3) is 0 Å². The van der Waals surface area contributed by atoms with Gasteiger partial charge >= 0.3 is 5.97 Å². The smallest absolute Gasteiger partial charge is 0.328 e. The van der Waals surface area contributed by atoms with E-state index in [2.05, 4.69) is 5.32 Å². The van der Waals surface area contributed by atoms with Gasteiger partial charge in [-0.3, -0.25) is 4.79 Å². The van der Waals surface area contributed by atoms with Gasteiger partial charge < -0.3 is 15.2 Å². The molecule has 0 radical (unpaired) electrons. The molecule has 0 spiro atoms. The van der Waals surface area contributed by atoms with Gasteiger partial charge in [-0.05, 0) is 6.42 Å². The number of amides is 1. The zero-order chi connectivity index (χ0) is 13.1. The molecular weight excluding hydrogens is 222 g/mol. The molecule has 1 amide bonds. The molecule has 2 N–H and O–H groups in total. The predicted octanol–water partition coefficient (Wildman–Crippen LogP) is 0.947. The molecule has 1 aliphatic heterocycles. The summed E-state index contributed by atoms with van der Waals surface area (Å²) in [5.41, 5.74) is -0.613. The summed E-state index contributed by atoms with van der Waals surface area (Å²) in [6.45, 7) is 5.61. The number of aliphatic carboxylic acids is 1. The number of carbonyl (C=O) groups is 2. The van der Waals surface area contributed by atoms with Gasteiger partial charge in [-0.1, -0.05) is 32.9 Å². The van der Waals surface area contributed by atoms with E-state index in [4.69, 9.17) is 9.84 Å². The van der Waals surface area contributed by atoms with Crippen molar-refractivity contribution in [3.8, 4) is 0 Å². The van der Waals surface area contributed by atoms with Crippen molar-refractivity contribution in [2.45, 2.75) is 39.3 Å². The normalized spacial score (nSPS) is 21.9. The zero-order valence-corrected chi connectivity index (χ0v) is 10.4. The van der Waals surface area contributed by atoms with E-state index in [0.717, 1.165) is 0 Å². The van der Waals surface area contributed by atoms with Crippen LogP contribution in [0, 0.1) is 5.41 Å². The molecule has 1 rings (SSSR count). The van der Waals surface area contributed by atoms with Crippen LogP contribution in [-0.4, -0.2) is 35.7 Å². The van der Waals surface area contributed by atoms with Gasteiger partial charge in [-0.15, -0.1) is 0 Å². The van der Waals surface area contributed by atoms with Crippen molar-refractivity contribution in [3.63, 3.8) is 0 Å². The summed E-state index contributed by atoms with van der Waals surface area (Å²) in [5.74, 6) is -1.36. The van der Waals surface area contributed by atoms with E-state index in [1.807, 2.05) is 12.2 Å². The number of hydrogen-bond acceptors (Lipinski definition) is 3. The second-order valence-electron chi connectivity index (χ2n) is 5.12. The molecule has 0 bridgehead atoms. The lowest BCUT2D eigenvalue weighted by Gasteiger charge is -2.28. The maximum atomic E-state index is 11.8. The molecule has 96 valence electrons. The van der Waals surface area contributed by atoms with Gasteiger partial charge in [0.2, 0.25) is 5.91 Å². The molecule has 0 aromatic carbocycles. The summed E-state index contributed by atoms with van der Waals surface area (Å²) in [7, 11) is 0. The Hall–Kier alpha value is -1.36. The lowest BCUT2D eigenvalue weighted by molar-refractivity contribution is -0.148. The number of ether oxygens (including phenoxy) is 1. The monoisotopic (exact) mass is 241 g/mol. The maximum absolute atomic E-state index is 11.8. The van der Waals surface area contributed by atoms with Crippen molar-refractivity contribution < 1.29 is 19.4 Å². The molecule has 2 atom stereocenters. The summed E-state index contributed by atoms with van der Waals surface area (Å²) in [4.78, 5) is 22.9. The number of carboxylic acids is 1. The van der Waals surface area contributed by atoms with Crippen molar-refractivity contribution in [3.05, 3.63) is 12.2 Å². The molecule has 0 aromatic rings. The van der Waals surface area contributed by atoms with E-state index >= 15 is 0 Å². The Morgan fingerprint density at radius 2 is 2.06 bits per heavy atom. The Labute approximate surface area is 101 Å². The van der Waals surface area contributed by atoms with Gasteiger partial charge in [-0.25, -0.2) is 4.79 Å². The van der Waals surface area contributed by atoms with E-state index in [0.29, 0.717) is 13.0 Å². The fraction of sp³-hybridized carbons (Fsp3) is 0.667. The fourth-order valence-corrected chi connectivity index (χ4v) is 1.45. The third-order valence-corrected chi connectivity index (χ3v) is 2.55. The lowest BCUT2D eigenvalue weighted by atomic mass is 9.94. The van der Waals surface area contributed by atoms with Crippen LogP contribution in [0.1, 0.15) is 27.2 Å². The average Bonchev–Trinajstić information content (AvgIpc) is 2.25. The first-order valence-electron chi connectivity index (χ1n) is 5.62. The van der Waals surface area contributed by atoms with Gasteiger partial charge in [0.15, 0.2) is 6.04 Å². The summed E-state index contributed by atoms with van der Waals surface area (Å²) in [6.07, 6.45) is 3.71. The molecule has 0 unspecified atom stereocenters. The standard InChI is InChI=1S/C12H19NO4/c1-12(2,3)11(16)13-9(10(14)15)8-6-4-5-7-17-8/h4-5,8-9H,6-7H2,1-3H3,(H,13,16)(H,14,15)/t8-,9+/m1/s1. The molecule has 0 saturated carbocycles. The first kappa shape index (κ1) is 13.7. The third kappa shape index (κ3) is 3.85. The van der Waals surface area contributed by atoms with Crippen molar-refractivity contribution in [2.75, 3.05) is 6.61 Å². The van der Waals surface area contributed by atoms with E-state index < -0.39 is 23.5 Å². The van der Waals surface area contributed by atoms with Crippen LogP contribution < -0.4 is 5.32 Å². The average molecular weight is 241 g/mol. The molecule has 0 aliphatic carbocycles. The Bertz CT molecular complexity index is 330. The van der Waals surface area contributed by atoms with Crippen molar-refractivity contribution in [1.82, 2.24) is 5.32 Å². The number of hydrogen-bond donors (Lipinski definition) is 2. The van der Waals surface area contributed by atoms with Gasteiger partial charge in [0.1, 0.15) is 0 Å². The first-order valence-corrected chi connectivity index (χ1v) is 5.62. The molecule has 5 nitrogen and oxygen atoms in total. The van der Waals surface area contributed by atoms with E-state index in [9.17, 15) is 9.59 Å². The second kappa shape index (κ2) is 5.31. The van der Waals surface area contributed by atoms with Crippen LogP contribution in [0.5, 0.6) is 0 Å². The quantitative estimate of drug-likeness (QED) is 0.721. The highest BCUT2D eigenvalue weighted by Crippen LogP contribution is 2.16. The minimum atomic E-state index is -1.07. The van der Waals surface area contributed by atoms with Crippen LogP contribution in [-0.2, 0) is 14.3 Å². The molecule has 1 heterocycles. The summed E-state index contributed by atoms with van der Waals surface area (Å²) in [6, 6.07) is -0.994. The van der Waals surface area contributed by atoms with Crippen LogP contribution in [0.2, 0.25) is 0 Å². The summed E-state index contributed by atoms with van der Waals surface area (Å²) >= 11 is 0. The Morgan fingerprint density at radius 1 is 1.41 bits per heavy atom. The Balaban J connectivity index is 2.70. The van der Waals surface area contributed by atoms with E-state index in [-0.39, 0.29) is 5.91 Å². The Kier molecular flexibility index (Phi) is 4.28. The van der Waals surface area contributed by atoms with Crippen LogP contribution in [0.4, 0.5) is 0 Å². The second-order valence-corrected chi connectivity index (χ2v) is 5.12. The SMILES string of the molecule is CC(C)(C)C(=O)N[C@H](C(=O)O)[C@H]1CC=CCO1. The number of carbonyl (C=O) groups excluding carboxylic acids is 1. The largest absolute Gasteiger partial charge is 0.480 e. The lowest BCUT2D eigenvalue weighted by Crippen LogP contribution is -2.52. The molecule has 5 heteroatoms. The number of nitrogens with one attached hydrogen (secondary N) is 1. The first-order chi connectivity index (χ1) is 7.82. The van der Waals surface area contributed by atoms with E-state index in [1.165, 1.54) is 0 Å². The topological polar surface area (TPSA) is 75.6 Å². The zero-order valence-electron chi connectivity index (χ0n) is 10.4. The van der Waals surface area contributed by atoms with Gasteiger partial charge in [-0.2, -0.15) is 0 Å². The Morgan fingerprint density at radius 3 is 2.47 bits per heavy atom. The van der Waals surface area contributed by atoms with Crippen molar-refractivity contribution in [2.24, 2.45) is 5.41 Å². The minimum Gasteiger partial charge on any atom is -0.480 e. The number of rotatable bonds is 3. The fourth-order valence-electron chi connectivity index (χ4n) is 1.45. The highest BCUT2D eigenvalue weighted by molar-refractivity contribution is 5.87. The maximum Gasteiger partial charge on any atom is 0.328 e. The van der Waals surface area contributed by atoms with Crippen molar-refractivity contribution in [1.29, 1.82) is 0 Å². The molecular formula is C12H19NO4. The van der Waals surface area contributed by atoms with Crippen LogP contribution in [0.25, 0.3) is 0 Å². The summed E-state index contributed by atoms with van der Waals surface area (Å²) < 4.78 is 5.33. The van der Waals surface area contributed by atoms with Crippen molar-refractivity contribution >= 4 is 11.9 Å². The summed E-state index contributed by atoms with van der Waals surface area (Å²) in [5, 5.41) is 11.7. The van der Waals surface area contributed by atoms with Gasteiger partial charge in [0.05, 0.1) is 12.7 Å². The molecule has 0 fully saturated rings. The number of carboxylic acid groups (broad SMARTS) is 1. The third-order valence-electron chi connectivity index (χ3n) is 2.55. The predicted molar refractivity (Wildman–Crippen MR) is 62.5 cm³/mol. The molecule has 1 aliphatic rings. The van der Waals surface area contributed by atoms with Crippen LogP contribution in [0.15, 0.2) is 12.2 Å². The van der Waals surface area contributed by atoms with E-state index in [1.54, 1.807) is 20.8 Å². The van der Waals surface area contributed by atoms with Crippen LogP contribution in [0.3, 0.4) is 0 Å². The highest BCUT2D eigenvalue weighted by atomic mass is 16.5.